The van der Waals surface area contributed by atoms with Gasteiger partial charge in [0.1, 0.15) is 5.76 Å². The van der Waals surface area contributed by atoms with Gasteiger partial charge in [0.05, 0.1) is 23.6 Å². The number of methoxy groups -OCH3 is 1. The number of non-ortho nitro benzene ring substituents is 1. The third kappa shape index (κ3) is 3.44. The molecule has 8 nitrogen and oxygen atoms in total. The number of rotatable bonds is 4. The van der Waals surface area contributed by atoms with Gasteiger partial charge in [-0.25, -0.2) is 4.79 Å². The van der Waals surface area contributed by atoms with Crippen LogP contribution in [-0.2, 0) is 14.3 Å². The topological polar surface area (TPSA) is 99.0 Å². The van der Waals surface area contributed by atoms with Crippen LogP contribution in [-0.4, -0.2) is 35.9 Å². The molecule has 0 aliphatic carbocycles. The second kappa shape index (κ2) is 7.38. The van der Waals surface area contributed by atoms with Gasteiger partial charge in [-0.2, -0.15) is 0 Å². The lowest BCUT2D eigenvalue weighted by atomic mass is 9.82. The van der Waals surface area contributed by atoms with Gasteiger partial charge in [-0.15, -0.1) is 0 Å². The van der Waals surface area contributed by atoms with Crippen molar-refractivity contribution in [3.63, 3.8) is 0 Å². The average molecular weight is 360 g/mol. The molecular weight excluding hydrogens is 340 g/mol. The molecule has 0 radical (unpaired) electrons. The molecule has 8 heteroatoms. The first-order valence-corrected chi connectivity index (χ1v) is 7.85. The van der Waals surface area contributed by atoms with Crippen LogP contribution in [0.5, 0.6) is 0 Å². The number of ketones is 1. The van der Waals surface area contributed by atoms with Gasteiger partial charge in [0.25, 0.3) is 5.69 Å². The highest BCUT2D eigenvalue weighted by molar-refractivity contribution is 5.96. The monoisotopic (exact) mass is 360 g/mol. The van der Waals surface area contributed by atoms with Crippen LogP contribution in [0.4, 0.5) is 10.5 Å². The molecule has 1 unspecified atom stereocenters. The SMILES string of the molecule is COC(=O)OC1=C(C)N(C)C(C)=C(C(C)=O)C1c1ccc([N+](=O)[O-])cc1. The van der Waals surface area contributed by atoms with Gasteiger partial charge in [-0.05, 0) is 26.3 Å². The van der Waals surface area contributed by atoms with Gasteiger partial charge < -0.3 is 14.4 Å². The number of Topliss-reactive ketones (excluding diaryl/α,β-unsaturated/α-hetero) is 1. The summed E-state index contributed by atoms with van der Waals surface area (Å²) in [6.45, 7) is 4.99. The lowest BCUT2D eigenvalue weighted by molar-refractivity contribution is -0.384. The number of ether oxygens (including phenoxy) is 2. The Labute approximate surface area is 150 Å². The van der Waals surface area contributed by atoms with Crippen LogP contribution in [0, 0.1) is 10.1 Å². The second-order valence-electron chi connectivity index (χ2n) is 5.90. The van der Waals surface area contributed by atoms with Crippen LogP contribution in [0.1, 0.15) is 32.3 Å². The number of nitrogens with zero attached hydrogens (tertiary/aromatic N) is 2. The van der Waals surface area contributed by atoms with Gasteiger partial charge in [0.15, 0.2) is 5.78 Å². The Kier molecular flexibility index (Phi) is 5.44. The lowest BCUT2D eigenvalue weighted by Crippen LogP contribution is -2.30. The van der Waals surface area contributed by atoms with Crippen LogP contribution in [0.25, 0.3) is 0 Å². The summed E-state index contributed by atoms with van der Waals surface area (Å²) >= 11 is 0. The molecule has 0 bridgehead atoms. The minimum Gasteiger partial charge on any atom is -0.437 e. The van der Waals surface area contributed by atoms with E-state index in [1.165, 1.54) is 26.2 Å². The van der Waals surface area contributed by atoms with Crippen LogP contribution < -0.4 is 0 Å². The van der Waals surface area contributed by atoms with Gasteiger partial charge in [-0.1, -0.05) is 12.1 Å². The fourth-order valence-corrected chi connectivity index (χ4v) is 2.98. The van der Waals surface area contributed by atoms with Gasteiger partial charge in [0.2, 0.25) is 0 Å². The Morgan fingerprint density at radius 3 is 2.19 bits per heavy atom. The fraction of sp³-hybridized carbons (Fsp3) is 0.333. The number of allylic oxidation sites excluding steroid dienone is 3. The molecule has 0 fully saturated rings. The molecule has 26 heavy (non-hydrogen) atoms. The van der Waals surface area contributed by atoms with Crippen LogP contribution in [0.15, 0.2) is 47.0 Å². The maximum absolute atomic E-state index is 12.3. The molecule has 0 saturated heterocycles. The molecule has 1 aromatic rings. The number of carbonyl (C=O) groups is 2. The predicted molar refractivity (Wildman–Crippen MR) is 93.2 cm³/mol. The van der Waals surface area contributed by atoms with E-state index in [0.29, 0.717) is 16.8 Å². The highest BCUT2D eigenvalue weighted by Crippen LogP contribution is 2.42. The molecule has 2 rings (SSSR count). The first-order valence-electron chi connectivity index (χ1n) is 7.85. The zero-order chi connectivity index (χ0) is 19.6. The summed E-state index contributed by atoms with van der Waals surface area (Å²) < 4.78 is 9.94. The molecule has 0 amide bonds. The van der Waals surface area contributed by atoms with Gasteiger partial charge in [-0.3, -0.25) is 14.9 Å². The number of benzene rings is 1. The highest BCUT2D eigenvalue weighted by Gasteiger charge is 2.36. The summed E-state index contributed by atoms with van der Waals surface area (Å²) in [4.78, 5) is 36.2. The Morgan fingerprint density at radius 1 is 1.15 bits per heavy atom. The molecular formula is C18H20N2O6. The van der Waals surface area contributed by atoms with Gasteiger partial charge in [0, 0.05) is 30.5 Å². The van der Waals surface area contributed by atoms with Crippen molar-refractivity contribution in [2.24, 2.45) is 0 Å². The maximum Gasteiger partial charge on any atom is 0.513 e. The van der Waals surface area contributed by atoms with Crippen molar-refractivity contribution in [1.82, 2.24) is 4.90 Å². The van der Waals surface area contributed by atoms with Crippen molar-refractivity contribution in [2.75, 3.05) is 14.2 Å². The Balaban J connectivity index is 2.64. The second-order valence-corrected chi connectivity index (χ2v) is 5.90. The molecule has 1 aliphatic heterocycles. The summed E-state index contributed by atoms with van der Waals surface area (Å²) in [5, 5.41) is 10.9. The molecule has 0 aromatic heterocycles. The molecule has 0 N–H and O–H groups in total. The molecule has 0 spiro atoms. The van der Waals surface area contributed by atoms with E-state index >= 15 is 0 Å². The van der Waals surface area contributed by atoms with Crippen LogP contribution in [0.3, 0.4) is 0 Å². The lowest BCUT2D eigenvalue weighted by Gasteiger charge is -2.35. The van der Waals surface area contributed by atoms with Crippen molar-refractivity contribution < 1.29 is 24.0 Å². The van der Waals surface area contributed by atoms with Crippen molar-refractivity contribution in [3.8, 4) is 0 Å². The van der Waals surface area contributed by atoms with Crippen molar-refractivity contribution in [3.05, 3.63) is 62.7 Å². The smallest absolute Gasteiger partial charge is 0.437 e. The minimum atomic E-state index is -0.901. The quantitative estimate of drug-likeness (QED) is 0.460. The molecule has 1 aromatic carbocycles. The predicted octanol–water partition coefficient (Wildman–Crippen LogP) is 3.50. The van der Waals surface area contributed by atoms with E-state index in [0.717, 1.165) is 5.70 Å². The molecule has 138 valence electrons. The zero-order valence-corrected chi connectivity index (χ0v) is 15.2. The van der Waals surface area contributed by atoms with E-state index in [1.54, 1.807) is 37.9 Å². The van der Waals surface area contributed by atoms with Crippen molar-refractivity contribution >= 4 is 17.6 Å². The first-order chi connectivity index (χ1) is 12.2. The highest BCUT2D eigenvalue weighted by atomic mass is 16.7. The summed E-state index contributed by atoms with van der Waals surface area (Å²) in [7, 11) is 2.96. The molecule has 0 saturated carbocycles. The van der Waals surface area contributed by atoms with Crippen molar-refractivity contribution in [1.29, 1.82) is 0 Å². The largest absolute Gasteiger partial charge is 0.513 e. The summed E-state index contributed by atoms with van der Waals surface area (Å²) in [5.41, 5.74) is 2.34. The van der Waals surface area contributed by atoms with E-state index in [4.69, 9.17) is 4.74 Å². The summed E-state index contributed by atoms with van der Waals surface area (Å²) in [6, 6.07) is 5.81. The van der Waals surface area contributed by atoms with E-state index in [-0.39, 0.29) is 17.2 Å². The Hall–Kier alpha value is -3.16. The van der Waals surface area contributed by atoms with E-state index in [1.807, 2.05) is 0 Å². The number of nitro groups is 1. The number of hydrogen-bond donors (Lipinski definition) is 0. The standard InChI is InChI=1S/C18H20N2O6/c1-10-15(12(3)21)16(13-6-8-14(9-7-13)20(23)24)17(11(2)19(10)4)26-18(22)25-5/h6-9,16H,1-5H3. The maximum atomic E-state index is 12.3. The number of hydrogen-bond acceptors (Lipinski definition) is 7. The number of carbonyl (C=O) groups excluding carboxylic acids is 2. The third-order valence-corrected chi connectivity index (χ3v) is 4.48. The zero-order valence-electron chi connectivity index (χ0n) is 15.2. The normalized spacial score (nSPS) is 17.3. The third-order valence-electron chi connectivity index (χ3n) is 4.48. The molecule has 1 heterocycles. The molecule has 1 atom stereocenters. The Morgan fingerprint density at radius 2 is 1.73 bits per heavy atom. The minimum absolute atomic E-state index is 0.0668. The van der Waals surface area contributed by atoms with Crippen LogP contribution >= 0.6 is 0 Å². The molecule has 1 aliphatic rings. The van der Waals surface area contributed by atoms with E-state index < -0.39 is 17.0 Å². The van der Waals surface area contributed by atoms with Gasteiger partial charge >= 0.3 is 6.16 Å². The Bertz CT molecular complexity index is 823. The van der Waals surface area contributed by atoms with Crippen LogP contribution in [0.2, 0.25) is 0 Å². The summed E-state index contributed by atoms with van der Waals surface area (Å²) in [5.74, 6) is -0.594. The first kappa shape index (κ1) is 19.2. The van der Waals surface area contributed by atoms with E-state index in [9.17, 15) is 19.7 Å². The summed E-state index contributed by atoms with van der Waals surface area (Å²) in [6.07, 6.45) is -0.901. The number of nitro benzene ring substituents is 1. The van der Waals surface area contributed by atoms with Crippen molar-refractivity contribution in [2.45, 2.75) is 26.7 Å². The fourth-order valence-electron chi connectivity index (χ4n) is 2.98. The van der Waals surface area contributed by atoms with E-state index in [2.05, 4.69) is 4.74 Å². The average Bonchev–Trinajstić information content (AvgIpc) is 2.61.